The van der Waals surface area contributed by atoms with Gasteiger partial charge in [-0.25, -0.2) is 4.79 Å². The van der Waals surface area contributed by atoms with Crippen LogP contribution in [0.15, 0.2) is 24.3 Å². The zero-order valence-electron chi connectivity index (χ0n) is 16.9. The molecule has 1 heterocycles. The fourth-order valence-electron chi connectivity index (χ4n) is 3.31. The number of nitrogens with one attached hydrogen (secondary N) is 1. The second-order valence-corrected chi connectivity index (χ2v) is 8.96. The van der Waals surface area contributed by atoms with Crippen LogP contribution >= 0.6 is 11.6 Å². The first-order chi connectivity index (χ1) is 12.6. The van der Waals surface area contributed by atoms with Gasteiger partial charge in [0.2, 0.25) is 5.91 Å². The number of ether oxygens (including phenoxy) is 1. The molecule has 2 rings (SSSR count). The highest BCUT2D eigenvalue weighted by atomic mass is 35.5. The number of benzene rings is 1. The molecule has 0 bridgehead atoms. The summed E-state index contributed by atoms with van der Waals surface area (Å²) < 4.78 is 5.31. The molecule has 1 N–H and O–H groups in total. The summed E-state index contributed by atoms with van der Waals surface area (Å²) in [6.07, 6.45) is 1.26. The Labute approximate surface area is 167 Å². The SMILES string of the molecule is CC(C)[C@H](NC(=O)OC(C)(C)C)C(=O)N1CCC(c2ccc(Cl)cc2)CC1. The van der Waals surface area contributed by atoms with Crippen LogP contribution in [0.4, 0.5) is 4.79 Å². The second-order valence-electron chi connectivity index (χ2n) is 8.52. The number of alkyl carbamates (subject to hydrolysis) is 1. The van der Waals surface area contributed by atoms with Crippen LogP contribution < -0.4 is 5.32 Å². The Morgan fingerprint density at radius 2 is 1.70 bits per heavy atom. The first-order valence-corrected chi connectivity index (χ1v) is 9.98. The molecule has 0 radical (unpaired) electrons. The third-order valence-electron chi connectivity index (χ3n) is 4.75. The number of likely N-dealkylation sites (tertiary alicyclic amines) is 1. The van der Waals surface area contributed by atoms with Crippen molar-refractivity contribution in [1.29, 1.82) is 0 Å². The normalized spacial score (nSPS) is 16.9. The number of hydrogen-bond acceptors (Lipinski definition) is 3. The lowest BCUT2D eigenvalue weighted by atomic mass is 9.89. The Hall–Kier alpha value is -1.75. The topological polar surface area (TPSA) is 58.6 Å². The Bertz CT molecular complexity index is 644. The summed E-state index contributed by atoms with van der Waals surface area (Å²) in [6.45, 7) is 10.7. The van der Waals surface area contributed by atoms with E-state index in [4.69, 9.17) is 16.3 Å². The van der Waals surface area contributed by atoms with Gasteiger partial charge in [-0.1, -0.05) is 37.6 Å². The largest absolute Gasteiger partial charge is 0.444 e. The molecule has 0 saturated carbocycles. The van der Waals surface area contributed by atoms with Gasteiger partial charge in [-0.15, -0.1) is 0 Å². The lowest BCUT2D eigenvalue weighted by Gasteiger charge is -2.35. The molecule has 2 amide bonds. The highest BCUT2D eigenvalue weighted by Crippen LogP contribution is 2.29. The van der Waals surface area contributed by atoms with Crippen LogP contribution in [0.25, 0.3) is 0 Å². The minimum atomic E-state index is -0.592. The predicted octanol–water partition coefficient (Wildman–Crippen LogP) is 4.60. The number of carbonyl (C=O) groups excluding carboxylic acids is 2. The molecule has 5 nitrogen and oxygen atoms in total. The van der Waals surface area contributed by atoms with Crippen molar-refractivity contribution in [1.82, 2.24) is 10.2 Å². The highest BCUT2D eigenvalue weighted by Gasteiger charge is 2.32. The van der Waals surface area contributed by atoms with Gasteiger partial charge < -0.3 is 15.0 Å². The summed E-state index contributed by atoms with van der Waals surface area (Å²) in [4.78, 5) is 26.9. The van der Waals surface area contributed by atoms with Gasteiger partial charge in [0, 0.05) is 18.1 Å². The van der Waals surface area contributed by atoms with Crippen molar-refractivity contribution >= 4 is 23.6 Å². The number of amides is 2. The van der Waals surface area contributed by atoms with Crippen molar-refractivity contribution in [2.24, 2.45) is 5.92 Å². The van der Waals surface area contributed by atoms with Crippen LogP contribution in [-0.4, -0.2) is 41.6 Å². The van der Waals surface area contributed by atoms with Crippen LogP contribution in [0.1, 0.15) is 58.9 Å². The van der Waals surface area contributed by atoms with Crippen molar-refractivity contribution in [3.63, 3.8) is 0 Å². The van der Waals surface area contributed by atoms with E-state index < -0.39 is 17.7 Å². The monoisotopic (exact) mass is 394 g/mol. The van der Waals surface area contributed by atoms with Gasteiger partial charge in [0.1, 0.15) is 11.6 Å². The van der Waals surface area contributed by atoms with Crippen molar-refractivity contribution in [2.75, 3.05) is 13.1 Å². The Morgan fingerprint density at radius 1 is 1.15 bits per heavy atom. The molecule has 150 valence electrons. The number of halogens is 1. The van der Waals surface area contributed by atoms with Gasteiger partial charge in [0.05, 0.1) is 0 Å². The summed E-state index contributed by atoms with van der Waals surface area (Å²) in [5.41, 5.74) is 0.671. The summed E-state index contributed by atoms with van der Waals surface area (Å²) in [5.74, 6) is 0.382. The highest BCUT2D eigenvalue weighted by molar-refractivity contribution is 6.30. The molecule has 0 aliphatic carbocycles. The van der Waals surface area contributed by atoms with Crippen molar-refractivity contribution in [3.05, 3.63) is 34.9 Å². The molecule has 1 aromatic rings. The van der Waals surface area contributed by atoms with E-state index >= 15 is 0 Å². The fraction of sp³-hybridized carbons (Fsp3) is 0.619. The molecule has 0 unspecified atom stereocenters. The van der Waals surface area contributed by atoms with E-state index in [0.29, 0.717) is 19.0 Å². The number of piperidine rings is 1. The van der Waals surface area contributed by atoms with Gasteiger partial charge in [0.15, 0.2) is 0 Å². The van der Waals surface area contributed by atoms with E-state index in [1.807, 2.05) is 30.9 Å². The Balaban J connectivity index is 1.95. The van der Waals surface area contributed by atoms with E-state index in [2.05, 4.69) is 17.4 Å². The first-order valence-electron chi connectivity index (χ1n) is 9.60. The standard InChI is InChI=1S/C21H31ClN2O3/c1-14(2)18(23-20(26)27-21(3,4)5)19(25)24-12-10-16(11-13-24)15-6-8-17(22)9-7-15/h6-9,14,16,18H,10-13H2,1-5H3,(H,23,26)/t18-/m0/s1. The number of hydrogen-bond donors (Lipinski definition) is 1. The quantitative estimate of drug-likeness (QED) is 0.812. The lowest BCUT2D eigenvalue weighted by molar-refractivity contribution is -0.135. The van der Waals surface area contributed by atoms with Crippen molar-refractivity contribution < 1.29 is 14.3 Å². The maximum absolute atomic E-state index is 13.0. The number of nitrogens with zero attached hydrogens (tertiary/aromatic N) is 1. The molecule has 1 saturated heterocycles. The molecule has 27 heavy (non-hydrogen) atoms. The average molecular weight is 395 g/mol. The average Bonchev–Trinajstić information content (AvgIpc) is 2.58. The molecule has 0 aromatic heterocycles. The van der Waals surface area contributed by atoms with E-state index in [9.17, 15) is 9.59 Å². The molecule has 1 atom stereocenters. The van der Waals surface area contributed by atoms with Crippen LogP contribution in [0.2, 0.25) is 5.02 Å². The molecule has 6 heteroatoms. The van der Waals surface area contributed by atoms with E-state index in [1.165, 1.54) is 5.56 Å². The maximum atomic E-state index is 13.0. The molecule has 1 aliphatic heterocycles. The first kappa shape index (κ1) is 21.5. The zero-order valence-corrected chi connectivity index (χ0v) is 17.7. The summed E-state index contributed by atoms with van der Waals surface area (Å²) in [6, 6.07) is 7.37. The molecule has 0 spiro atoms. The van der Waals surface area contributed by atoms with Gasteiger partial charge in [0.25, 0.3) is 0 Å². The van der Waals surface area contributed by atoms with Gasteiger partial charge >= 0.3 is 6.09 Å². The zero-order chi connectivity index (χ0) is 20.2. The summed E-state index contributed by atoms with van der Waals surface area (Å²) >= 11 is 5.96. The summed E-state index contributed by atoms with van der Waals surface area (Å²) in [7, 11) is 0. The molecular weight excluding hydrogens is 364 g/mol. The predicted molar refractivity (Wildman–Crippen MR) is 108 cm³/mol. The third-order valence-corrected chi connectivity index (χ3v) is 5.00. The maximum Gasteiger partial charge on any atom is 0.408 e. The van der Waals surface area contributed by atoms with E-state index in [0.717, 1.165) is 17.9 Å². The Morgan fingerprint density at radius 3 is 2.19 bits per heavy atom. The molecule has 1 aliphatic rings. The Kier molecular flexibility index (Phi) is 7.15. The van der Waals surface area contributed by atoms with Crippen molar-refractivity contribution in [3.8, 4) is 0 Å². The van der Waals surface area contributed by atoms with E-state index in [-0.39, 0.29) is 11.8 Å². The van der Waals surface area contributed by atoms with Crippen LogP contribution in [-0.2, 0) is 9.53 Å². The van der Waals surface area contributed by atoms with Gasteiger partial charge in [-0.2, -0.15) is 0 Å². The van der Waals surface area contributed by atoms with Crippen LogP contribution in [0.5, 0.6) is 0 Å². The van der Waals surface area contributed by atoms with E-state index in [1.54, 1.807) is 20.8 Å². The third kappa shape index (κ3) is 6.42. The lowest BCUT2D eigenvalue weighted by Crippen LogP contribution is -2.53. The second kappa shape index (κ2) is 8.96. The summed E-state index contributed by atoms with van der Waals surface area (Å²) in [5, 5.41) is 3.49. The van der Waals surface area contributed by atoms with Crippen molar-refractivity contribution in [2.45, 2.75) is 65.0 Å². The van der Waals surface area contributed by atoms with Gasteiger partial charge in [-0.3, -0.25) is 4.79 Å². The van der Waals surface area contributed by atoms with Crippen LogP contribution in [0, 0.1) is 5.92 Å². The molecule has 1 aromatic carbocycles. The fourth-order valence-corrected chi connectivity index (χ4v) is 3.44. The number of carbonyl (C=O) groups is 2. The smallest absolute Gasteiger partial charge is 0.408 e. The minimum absolute atomic E-state index is 0.0148. The van der Waals surface area contributed by atoms with Gasteiger partial charge in [-0.05, 0) is 63.1 Å². The van der Waals surface area contributed by atoms with Crippen LogP contribution in [0.3, 0.4) is 0 Å². The molecule has 1 fully saturated rings. The minimum Gasteiger partial charge on any atom is -0.444 e. The number of rotatable bonds is 4. The molecular formula is C21H31ClN2O3.